The van der Waals surface area contributed by atoms with E-state index in [0.717, 1.165) is 42.3 Å². The Morgan fingerprint density at radius 2 is 1.74 bits per heavy atom. The van der Waals surface area contributed by atoms with Crippen LogP contribution in [-0.4, -0.2) is 63.4 Å². The van der Waals surface area contributed by atoms with Crippen LogP contribution in [0.15, 0.2) is 42.5 Å². The van der Waals surface area contributed by atoms with Crippen molar-refractivity contribution < 1.29 is 19.2 Å². The average Bonchev–Trinajstić information content (AvgIpc) is 3.42. The van der Waals surface area contributed by atoms with Crippen LogP contribution in [0.2, 0.25) is 0 Å². The number of amides is 1. The molecule has 3 heterocycles. The van der Waals surface area contributed by atoms with E-state index in [4.69, 9.17) is 9.47 Å². The molecule has 182 valence electrons. The molecule has 0 radical (unpaired) electrons. The summed E-state index contributed by atoms with van der Waals surface area (Å²) in [4.78, 5) is 28.3. The molecule has 0 N–H and O–H groups in total. The van der Waals surface area contributed by atoms with Gasteiger partial charge in [-0.3, -0.25) is 24.5 Å². The SMILES string of the molecule is Cc1nn(Cc2cccc(C(=O)N3CCN(Cc4ccc5c(c4)OCO5)CC3)c2)c(C)c1[N+](=O)[O-]. The van der Waals surface area contributed by atoms with Gasteiger partial charge in [0.15, 0.2) is 11.5 Å². The molecule has 2 aliphatic heterocycles. The lowest BCUT2D eigenvalue weighted by Gasteiger charge is -2.35. The van der Waals surface area contributed by atoms with Crippen LogP contribution in [0, 0.1) is 24.0 Å². The summed E-state index contributed by atoms with van der Waals surface area (Å²) in [5, 5.41) is 15.6. The monoisotopic (exact) mass is 477 g/mol. The van der Waals surface area contributed by atoms with Gasteiger partial charge in [0, 0.05) is 38.3 Å². The fourth-order valence-electron chi connectivity index (χ4n) is 4.67. The van der Waals surface area contributed by atoms with Crippen molar-refractivity contribution in [2.45, 2.75) is 26.9 Å². The van der Waals surface area contributed by atoms with E-state index in [-0.39, 0.29) is 18.4 Å². The second kappa shape index (κ2) is 9.38. The van der Waals surface area contributed by atoms with Gasteiger partial charge in [-0.2, -0.15) is 5.10 Å². The molecular formula is C25H27N5O5. The predicted molar refractivity (Wildman–Crippen MR) is 128 cm³/mol. The maximum Gasteiger partial charge on any atom is 0.312 e. The number of fused-ring (bicyclic) bond motifs is 1. The Morgan fingerprint density at radius 1 is 1.00 bits per heavy atom. The van der Waals surface area contributed by atoms with Crippen LogP contribution in [0.3, 0.4) is 0 Å². The molecule has 1 saturated heterocycles. The molecule has 0 aliphatic carbocycles. The van der Waals surface area contributed by atoms with Crippen molar-refractivity contribution in [2.75, 3.05) is 33.0 Å². The van der Waals surface area contributed by atoms with Crippen molar-refractivity contribution in [1.82, 2.24) is 19.6 Å². The number of benzene rings is 2. The van der Waals surface area contributed by atoms with Gasteiger partial charge in [0.1, 0.15) is 11.4 Å². The summed E-state index contributed by atoms with van der Waals surface area (Å²) >= 11 is 0. The summed E-state index contributed by atoms with van der Waals surface area (Å²) in [6.07, 6.45) is 0. The third-order valence-corrected chi connectivity index (χ3v) is 6.53. The molecule has 0 bridgehead atoms. The summed E-state index contributed by atoms with van der Waals surface area (Å²) < 4.78 is 12.5. The number of nitro groups is 1. The lowest BCUT2D eigenvalue weighted by atomic mass is 10.1. The third kappa shape index (κ3) is 4.69. The van der Waals surface area contributed by atoms with Gasteiger partial charge in [0.2, 0.25) is 6.79 Å². The standard InChI is InChI=1S/C25H27N5O5/c1-17-24(30(32)33)18(2)29(26-17)15-19-4-3-5-21(12-19)25(31)28-10-8-27(9-11-28)14-20-6-7-22-23(13-20)35-16-34-22/h3-7,12-13H,8-11,14-16H2,1-2H3. The molecule has 5 rings (SSSR count). The van der Waals surface area contributed by atoms with E-state index in [9.17, 15) is 14.9 Å². The van der Waals surface area contributed by atoms with Gasteiger partial charge in [-0.05, 0) is 49.2 Å². The fourth-order valence-corrected chi connectivity index (χ4v) is 4.67. The second-order valence-electron chi connectivity index (χ2n) is 8.89. The van der Waals surface area contributed by atoms with E-state index in [2.05, 4.69) is 10.00 Å². The molecule has 0 atom stereocenters. The van der Waals surface area contributed by atoms with Crippen LogP contribution in [-0.2, 0) is 13.1 Å². The van der Waals surface area contributed by atoms with Crippen LogP contribution >= 0.6 is 0 Å². The van der Waals surface area contributed by atoms with E-state index in [1.165, 1.54) is 0 Å². The van der Waals surface area contributed by atoms with Crippen LogP contribution in [0.5, 0.6) is 11.5 Å². The molecule has 10 nitrogen and oxygen atoms in total. The summed E-state index contributed by atoms with van der Waals surface area (Å²) in [6.45, 7) is 7.62. The Hall–Kier alpha value is -3.92. The van der Waals surface area contributed by atoms with E-state index in [0.29, 0.717) is 36.6 Å². The summed E-state index contributed by atoms with van der Waals surface area (Å²) in [7, 11) is 0. The first-order valence-electron chi connectivity index (χ1n) is 11.6. The normalized spacial score (nSPS) is 15.4. The molecule has 0 spiro atoms. The first-order valence-corrected chi connectivity index (χ1v) is 11.6. The molecule has 1 amide bonds. The van der Waals surface area contributed by atoms with Gasteiger partial charge in [-0.25, -0.2) is 0 Å². The largest absolute Gasteiger partial charge is 0.454 e. The molecule has 2 aliphatic rings. The summed E-state index contributed by atoms with van der Waals surface area (Å²) in [6, 6.07) is 13.4. The fraction of sp³-hybridized carbons (Fsp3) is 0.360. The smallest absolute Gasteiger partial charge is 0.312 e. The van der Waals surface area contributed by atoms with E-state index >= 15 is 0 Å². The topological polar surface area (TPSA) is 103 Å². The zero-order valence-electron chi connectivity index (χ0n) is 19.8. The van der Waals surface area contributed by atoms with Crippen LogP contribution in [0.4, 0.5) is 5.69 Å². The predicted octanol–water partition coefficient (Wildman–Crippen LogP) is 3.14. The molecule has 3 aromatic rings. The molecular weight excluding hydrogens is 450 g/mol. The first kappa shape index (κ1) is 22.9. The highest BCUT2D eigenvalue weighted by Gasteiger charge is 2.24. The number of carbonyl (C=O) groups is 1. The van der Waals surface area contributed by atoms with Crippen molar-refractivity contribution >= 4 is 11.6 Å². The van der Waals surface area contributed by atoms with Crippen LogP contribution in [0.1, 0.15) is 32.9 Å². The van der Waals surface area contributed by atoms with Crippen molar-refractivity contribution in [2.24, 2.45) is 0 Å². The van der Waals surface area contributed by atoms with Gasteiger partial charge >= 0.3 is 5.69 Å². The summed E-state index contributed by atoms with van der Waals surface area (Å²) in [5.74, 6) is 1.56. The van der Waals surface area contributed by atoms with E-state index < -0.39 is 4.92 Å². The average molecular weight is 478 g/mol. The Labute approximate surface area is 202 Å². The lowest BCUT2D eigenvalue weighted by molar-refractivity contribution is -0.386. The number of hydrogen-bond acceptors (Lipinski definition) is 7. The number of aromatic nitrogens is 2. The zero-order valence-corrected chi connectivity index (χ0v) is 19.8. The van der Waals surface area contributed by atoms with Crippen molar-refractivity contribution in [3.8, 4) is 11.5 Å². The van der Waals surface area contributed by atoms with Crippen molar-refractivity contribution in [3.63, 3.8) is 0 Å². The van der Waals surface area contributed by atoms with Gasteiger partial charge in [-0.1, -0.05) is 18.2 Å². The minimum absolute atomic E-state index is 0.00562. The minimum atomic E-state index is -0.402. The lowest BCUT2D eigenvalue weighted by Crippen LogP contribution is -2.48. The minimum Gasteiger partial charge on any atom is -0.454 e. The Morgan fingerprint density at radius 3 is 2.49 bits per heavy atom. The number of piperazine rings is 1. The van der Waals surface area contributed by atoms with Gasteiger partial charge < -0.3 is 14.4 Å². The highest BCUT2D eigenvalue weighted by Crippen LogP contribution is 2.33. The Kier molecular flexibility index (Phi) is 6.12. The molecule has 10 heteroatoms. The molecule has 1 aromatic heterocycles. The number of aryl methyl sites for hydroxylation is 1. The van der Waals surface area contributed by atoms with Crippen molar-refractivity contribution in [1.29, 1.82) is 0 Å². The van der Waals surface area contributed by atoms with Crippen LogP contribution < -0.4 is 9.47 Å². The molecule has 35 heavy (non-hydrogen) atoms. The van der Waals surface area contributed by atoms with E-state index in [1.54, 1.807) is 18.5 Å². The zero-order chi connectivity index (χ0) is 24.5. The van der Waals surface area contributed by atoms with Crippen molar-refractivity contribution in [3.05, 3.63) is 80.7 Å². The van der Waals surface area contributed by atoms with E-state index in [1.807, 2.05) is 47.4 Å². The second-order valence-corrected chi connectivity index (χ2v) is 8.89. The highest BCUT2D eigenvalue weighted by atomic mass is 16.7. The first-order chi connectivity index (χ1) is 16.9. The quantitative estimate of drug-likeness (QED) is 0.397. The molecule has 0 unspecified atom stereocenters. The van der Waals surface area contributed by atoms with Crippen LogP contribution in [0.25, 0.3) is 0 Å². The number of carbonyl (C=O) groups excluding carboxylic acids is 1. The third-order valence-electron chi connectivity index (χ3n) is 6.53. The number of ether oxygens (including phenoxy) is 2. The van der Waals surface area contributed by atoms with Gasteiger partial charge in [0.25, 0.3) is 5.91 Å². The number of hydrogen-bond donors (Lipinski definition) is 0. The molecule has 1 fully saturated rings. The highest BCUT2D eigenvalue weighted by molar-refractivity contribution is 5.94. The number of rotatable bonds is 6. The molecule has 0 saturated carbocycles. The van der Waals surface area contributed by atoms with Gasteiger partial charge in [0.05, 0.1) is 11.5 Å². The number of nitrogens with zero attached hydrogens (tertiary/aromatic N) is 5. The van der Waals surface area contributed by atoms with Gasteiger partial charge in [-0.15, -0.1) is 0 Å². The Balaban J connectivity index is 1.20. The molecule has 2 aromatic carbocycles. The summed E-state index contributed by atoms with van der Waals surface area (Å²) in [5.41, 5.74) is 3.57. The maximum atomic E-state index is 13.2. The maximum absolute atomic E-state index is 13.2. The Bertz CT molecular complexity index is 1280.